The summed E-state index contributed by atoms with van der Waals surface area (Å²) in [4.78, 5) is 20.0. The van der Waals surface area contributed by atoms with Crippen molar-refractivity contribution in [3.63, 3.8) is 0 Å². The minimum Gasteiger partial charge on any atom is -0.288 e. The molecule has 0 aromatic heterocycles. The normalized spacial score (nSPS) is 27.5. The molecule has 8 heavy (non-hydrogen) atoms. The van der Waals surface area contributed by atoms with Gasteiger partial charge in [-0.3, -0.25) is 9.59 Å². The first kappa shape index (κ1) is 5.28. The van der Waals surface area contributed by atoms with Crippen LogP contribution >= 0.6 is 0 Å². The van der Waals surface area contributed by atoms with Gasteiger partial charge in [0.1, 0.15) is 6.04 Å². The highest BCUT2D eigenvalue weighted by molar-refractivity contribution is 5.82. The maximum atomic E-state index is 10.3. The number of hydrogen-bond acceptors (Lipinski definition) is 2. The molecule has 3 nitrogen and oxygen atoms in total. The zero-order valence-corrected chi connectivity index (χ0v) is 4.26. The standard InChI is InChI=1S/C5H5NO2/c7-3-4-1-2-5(8)6-4/h4H,1-2H2/t4-/m0/s1. The van der Waals surface area contributed by atoms with Gasteiger partial charge in [-0.25, -0.2) is 5.32 Å². The van der Waals surface area contributed by atoms with Gasteiger partial charge in [-0.05, 0) is 6.42 Å². The second-order valence-electron chi connectivity index (χ2n) is 1.70. The van der Waals surface area contributed by atoms with Crippen molar-refractivity contribution in [2.45, 2.75) is 18.9 Å². The Morgan fingerprint density at radius 2 is 2.50 bits per heavy atom. The maximum absolute atomic E-state index is 10.3. The number of hydrogen-bond donors (Lipinski definition) is 0. The van der Waals surface area contributed by atoms with E-state index in [1.54, 1.807) is 6.29 Å². The Morgan fingerprint density at radius 3 is 2.75 bits per heavy atom. The molecule has 1 aliphatic rings. The van der Waals surface area contributed by atoms with Gasteiger partial charge in [0.2, 0.25) is 12.2 Å². The van der Waals surface area contributed by atoms with E-state index in [0.29, 0.717) is 12.8 Å². The van der Waals surface area contributed by atoms with Crippen LogP contribution in [0.4, 0.5) is 0 Å². The molecule has 0 bridgehead atoms. The maximum Gasteiger partial charge on any atom is 0.241 e. The van der Waals surface area contributed by atoms with Crippen LogP contribution < -0.4 is 5.32 Å². The van der Waals surface area contributed by atoms with Gasteiger partial charge < -0.3 is 0 Å². The second-order valence-corrected chi connectivity index (χ2v) is 1.70. The zero-order valence-electron chi connectivity index (χ0n) is 4.26. The lowest BCUT2D eigenvalue weighted by Crippen LogP contribution is -2.17. The molecule has 0 aromatic rings. The van der Waals surface area contributed by atoms with Crippen LogP contribution in [-0.4, -0.2) is 18.2 Å². The molecule has 1 fully saturated rings. The first-order valence-electron chi connectivity index (χ1n) is 2.44. The van der Waals surface area contributed by atoms with E-state index in [0.717, 1.165) is 0 Å². The lowest BCUT2D eigenvalue weighted by molar-refractivity contribution is -0.119. The summed E-state index contributed by atoms with van der Waals surface area (Å²) in [5.41, 5.74) is 0. The monoisotopic (exact) mass is 111 g/mol. The Hall–Kier alpha value is -0.860. The van der Waals surface area contributed by atoms with Crippen LogP contribution in [0.3, 0.4) is 0 Å². The van der Waals surface area contributed by atoms with E-state index in [4.69, 9.17) is 0 Å². The molecule has 1 aliphatic heterocycles. The Bertz CT molecular complexity index is 122. The molecule has 1 amide bonds. The van der Waals surface area contributed by atoms with Crippen molar-refractivity contribution < 1.29 is 9.59 Å². The predicted octanol–water partition coefficient (Wildman–Crippen LogP) is -0.611. The fraction of sp³-hybridized carbons (Fsp3) is 0.600. The molecule has 0 spiro atoms. The van der Waals surface area contributed by atoms with Crippen molar-refractivity contribution in [3.05, 3.63) is 0 Å². The summed E-state index contributed by atoms with van der Waals surface area (Å²) < 4.78 is 0. The number of carbonyl (C=O) groups excluding carboxylic acids is 2. The van der Waals surface area contributed by atoms with Crippen LogP contribution in [0.1, 0.15) is 12.8 Å². The summed E-state index contributed by atoms with van der Waals surface area (Å²) >= 11 is 0. The summed E-state index contributed by atoms with van der Waals surface area (Å²) in [6.07, 6.45) is 2.63. The first-order chi connectivity index (χ1) is 3.83. The molecule has 3 heteroatoms. The van der Waals surface area contributed by atoms with Crippen LogP contribution in [0, 0.1) is 0 Å². The quantitative estimate of drug-likeness (QED) is 0.453. The fourth-order valence-electron chi connectivity index (χ4n) is 0.648. The minimum atomic E-state index is -0.456. The highest BCUT2D eigenvalue weighted by atomic mass is 16.2. The third-order valence-electron chi connectivity index (χ3n) is 1.07. The molecule has 2 radical (unpaired) electrons. The van der Waals surface area contributed by atoms with Crippen molar-refractivity contribution in [1.82, 2.24) is 5.32 Å². The average molecular weight is 111 g/mol. The van der Waals surface area contributed by atoms with E-state index in [1.807, 2.05) is 0 Å². The highest BCUT2D eigenvalue weighted by Gasteiger charge is 2.22. The molecular weight excluding hydrogens is 106 g/mol. The van der Waals surface area contributed by atoms with Crippen molar-refractivity contribution in [3.8, 4) is 0 Å². The Balaban J connectivity index is 2.43. The topological polar surface area (TPSA) is 48.2 Å². The van der Waals surface area contributed by atoms with E-state index in [-0.39, 0.29) is 5.91 Å². The Morgan fingerprint density at radius 1 is 1.75 bits per heavy atom. The number of carbonyl (C=O) groups is 1. The van der Waals surface area contributed by atoms with Gasteiger partial charge in [0.25, 0.3) is 0 Å². The number of nitrogens with zero attached hydrogens (tertiary/aromatic N) is 1. The summed E-state index contributed by atoms with van der Waals surface area (Å²) in [7, 11) is 0. The van der Waals surface area contributed by atoms with E-state index in [9.17, 15) is 9.59 Å². The van der Waals surface area contributed by atoms with Gasteiger partial charge in [-0.1, -0.05) is 0 Å². The smallest absolute Gasteiger partial charge is 0.241 e. The van der Waals surface area contributed by atoms with Gasteiger partial charge in [0.15, 0.2) is 0 Å². The van der Waals surface area contributed by atoms with Crippen LogP contribution in [0.2, 0.25) is 0 Å². The summed E-state index contributed by atoms with van der Waals surface area (Å²) in [6.45, 7) is 0. The molecule has 1 rings (SSSR count). The van der Waals surface area contributed by atoms with Crippen LogP contribution in [-0.2, 0) is 9.59 Å². The molecule has 0 unspecified atom stereocenters. The minimum absolute atomic E-state index is 0.168. The Labute approximate surface area is 47.1 Å². The average Bonchev–Trinajstić information content (AvgIpc) is 2.14. The molecule has 0 aliphatic carbocycles. The zero-order chi connectivity index (χ0) is 5.98. The third-order valence-corrected chi connectivity index (χ3v) is 1.07. The second kappa shape index (κ2) is 1.94. The molecule has 0 aromatic carbocycles. The fourth-order valence-corrected chi connectivity index (χ4v) is 0.648. The van der Waals surface area contributed by atoms with Crippen LogP contribution in [0.15, 0.2) is 0 Å². The molecule has 1 heterocycles. The van der Waals surface area contributed by atoms with Crippen LogP contribution in [0.25, 0.3) is 0 Å². The highest BCUT2D eigenvalue weighted by Crippen LogP contribution is 2.04. The lowest BCUT2D eigenvalue weighted by atomic mass is 10.2. The number of rotatable bonds is 1. The van der Waals surface area contributed by atoms with Crippen molar-refractivity contribution in [2.75, 3.05) is 0 Å². The van der Waals surface area contributed by atoms with Crippen molar-refractivity contribution in [1.29, 1.82) is 0 Å². The molecular formula is C5H5NO2. The van der Waals surface area contributed by atoms with Gasteiger partial charge in [-0.2, -0.15) is 0 Å². The van der Waals surface area contributed by atoms with Gasteiger partial charge >= 0.3 is 0 Å². The lowest BCUT2D eigenvalue weighted by Gasteiger charge is -1.88. The van der Waals surface area contributed by atoms with Crippen LogP contribution in [0.5, 0.6) is 0 Å². The largest absolute Gasteiger partial charge is 0.288 e. The van der Waals surface area contributed by atoms with Crippen molar-refractivity contribution in [2.24, 2.45) is 0 Å². The van der Waals surface area contributed by atoms with Crippen molar-refractivity contribution >= 4 is 12.2 Å². The van der Waals surface area contributed by atoms with E-state index in [1.165, 1.54) is 0 Å². The Kier molecular flexibility index (Phi) is 1.28. The van der Waals surface area contributed by atoms with Gasteiger partial charge in [0.05, 0.1) is 0 Å². The van der Waals surface area contributed by atoms with Gasteiger partial charge in [0, 0.05) is 6.42 Å². The molecule has 0 N–H and O–H groups in total. The number of amides is 1. The van der Waals surface area contributed by atoms with Gasteiger partial charge in [-0.15, -0.1) is 0 Å². The molecule has 0 saturated carbocycles. The SMILES string of the molecule is O=[C][C@@H]1CCC(=O)[N]1. The molecule has 42 valence electrons. The molecule has 1 atom stereocenters. The van der Waals surface area contributed by atoms with E-state index >= 15 is 0 Å². The summed E-state index contributed by atoms with van der Waals surface area (Å²) in [5, 5.41) is 3.44. The predicted molar refractivity (Wildman–Crippen MR) is 25.9 cm³/mol. The summed E-state index contributed by atoms with van der Waals surface area (Å²) in [5.74, 6) is -0.168. The van der Waals surface area contributed by atoms with E-state index < -0.39 is 6.04 Å². The molecule has 1 saturated heterocycles. The summed E-state index contributed by atoms with van der Waals surface area (Å²) in [6, 6.07) is -0.456. The van der Waals surface area contributed by atoms with E-state index in [2.05, 4.69) is 5.32 Å². The third kappa shape index (κ3) is 0.857. The first-order valence-corrected chi connectivity index (χ1v) is 2.44.